The highest BCUT2D eigenvalue weighted by molar-refractivity contribution is 7.99. The fraction of sp³-hybridized carbons (Fsp3) is 0.174. The normalized spacial score (nSPS) is 11.0. The number of anilines is 1. The molecule has 0 unspecified atom stereocenters. The molecule has 0 saturated carbocycles. The maximum atomic E-state index is 13.6. The van der Waals surface area contributed by atoms with E-state index in [1.54, 1.807) is 28.9 Å². The fourth-order valence-electron chi connectivity index (χ4n) is 3.06. The first-order valence-electron chi connectivity index (χ1n) is 9.60. The summed E-state index contributed by atoms with van der Waals surface area (Å²) in [5, 5.41) is 0.546. The highest BCUT2D eigenvalue weighted by Gasteiger charge is 2.21. The number of amides is 1. The predicted octanol–water partition coefficient (Wildman–Crippen LogP) is 5.72. The maximum Gasteiger partial charge on any atom is 0.233 e. The molecular weight excluding hydrogens is 417 g/mol. The molecule has 0 atom stereocenters. The van der Waals surface area contributed by atoms with E-state index >= 15 is 0 Å². The van der Waals surface area contributed by atoms with Gasteiger partial charge in [0.15, 0.2) is 5.13 Å². The number of thioether (sulfide) groups is 1. The first-order chi connectivity index (χ1) is 14.6. The van der Waals surface area contributed by atoms with Gasteiger partial charge in [-0.1, -0.05) is 36.5 Å². The molecule has 2 aromatic carbocycles. The van der Waals surface area contributed by atoms with Crippen LogP contribution in [0.15, 0.2) is 71.8 Å². The number of halogens is 1. The molecule has 4 aromatic rings. The van der Waals surface area contributed by atoms with Crippen molar-refractivity contribution in [3.05, 3.63) is 83.9 Å². The standard InChI is InChI=1S/C23H20FN3OS2/c1-2-29-19-9-6-16(7-10-19)13-22(28)27(15-18-5-3-4-12-25-18)23-26-20-11-8-17(24)14-21(20)30-23/h3-12,14H,2,13,15H2,1H3. The summed E-state index contributed by atoms with van der Waals surface area (Å²) < 4.78 is 14.3. The number of thiazole rings is 1. The average molecular weight is 438 g/mol. The summed E-state index contributed by atoms with van der Waals surface area (Å²) in [6.07, 6.45) is 1.96. The molecule has 0 bridgehead atoms. The number of hydrogen-bond acceptors (Lipinski definition) is 5. The number of fused-ring (bicyclic) bond motifs is 1. The maximum absolute atomic E-state index is 13.6. The molecule has 0 radical (unpaired) electrons. The number of carbonyl (C=O) groups is 1. The third kappa shape index (κ3) is 4.86. The van der Waals surface area contributed by atoms with E-state index in [2.05, 4.69) is 16.9 Å². The molecule has 152 valence electrons. The number of benzene rings is 2. The second-order valence-electron chi connectivity index (χ2n) is 6.66. The van der Waals surface area contributed by atoms with Crippen molar-refractivity contribution in [1.29, 1.82) is 0 Å². The fourth-order valence-corrected chi connectivity index (χ4v) is 4.73. The van der Waals surface area contributed by atoms with Crippen molar-refractivity contribution >= 4 is 44.4 Å². The number of pyridine rings is 1. The minimum absolute atomic E-state index is 0.0731. The molecule has 2 aromatic heterocycles. The molecule has 2 heterocycles. The van der Waals surface area contributed by atoms with Crippen LogP contribution in [0.3, 0.4) is 0 Å². The van der Waals surface area contributed by atoms with Gasteiger partial charge in [-0.2, -0.15) is 0 Å². The lowest BCUT2D eigenvalue weighted by atomic mass is 10.1. The van der Waals surface area contributed by atoms with Gasteiger partial charge in [-0.05, 0) is 53.8 Å². The molecule has 4 rings (SSSR count). The van der Waals surface area contributed by atoms with E-state index in [9.17, 15) is 9.18 Å². The second kappa shape index (κ2) is 9.36. The molecule has 7 heteroatoms. The van der Waals surface area contributed by atoms with Crippen LogP contribution in [0.25, 0.3) is 10.2 Å². The van der Waals surface area contributed by atoms with Crippen molar-refractivity contribution in [3.63, 3.8) is 0 Å². The van der Waals surface area contributed by atoms with E-state index in [4.69, 9.17) is 0 Å². The number of carbonyl (C=O) groups excluding carboxylic acids is 1. The van der Waals surface area contributed by atoms with E-state index in [0.717, 1.165) is 17.0 Å². The van der Waals surface area contributed by atoms with Gasteiger partial charge in [0.2, 0.25) is 5.91 Å². The van der Waals surface area contributed by atoms with Crippen LogP contribution in [0.4, 0.5) is 9.52 Å². The Morgan fingerprint density at radius 1 is 1.13 bits per heavy atom. The van der Waals surface area contributed by atoms with Gasteiger partial charge in [-0.3, -0.25) is 14.7 Å². The number of hydrogen-bond donors (Lipinski definition) is 0. The Hall–Kier alpha value is -2.77. The van der Waals surface area contributed by atoms with Gasteiger partial charge in [0.1, 0.15) is 5.82 Å². The first-order valence-corrected chi connectivity index (χ1v) is 11.4. The van der Waals surface area contributed by atoms with Gasteiger partial charge in [-0.25, -0.2) is 9.37 Å². The molecule has 1 amide bonds. The zero-order valence-corrected chi connectivity index (χ0v) is 18.0. The summed E-state index contributed by atoms with van der Waals surface area (Å²) in [6.45, 7) is 2.42. The lowest BCUT2D eigenvalue weighted by Crippen LogP contribution is -2.32. The number of aromatic nitrogens is 2. The van der Waals surface area contributed by atoms with Gasteiger partial charge in [0.25, 0.3) is 0 Å². The van der Waals surface area contributed by atoms with Crippen LogP contribution >= 0.6 is 23.1 Å². The van der Waals surface area contributed by atoms with Crippen LogP contribution < -0.4 is 4.90 Å². The summed E-state index contributed by atoms with van der Waals surface area (Å²) in [5.41, 5.74) is 2.39. The van der Waals surface area contributed by atoms with Crippen molar-refractivity contribution in [2.24, 2.45) is 0 Å². The first kappa shape index (κ1) is 20.5. The minimum Gasteiger partial charge on any atom is -0.282 e. The van der Waals surface area contributed by atoms with Crippen LogP contribution in [-0.2, 0) is 17.8 Å². The molecule has 4 nitrogen and oxygen atoms in total. The van der Waals surface area contributed by atoms with Gasteiger partial charge in [0.05, 0.1) is 28.9 Å². The highest BCUT2D eigenvalue weighted by atomic mass is 32.2. The van der Waals surface area contributed by atoms with Crippen molar-refractivity contribution in [2.45, 2.75) is 24.8 Å². The quantitative estimate of drug-likeness (QED) is 0.347. The van der Waals surface area contributed by atoms with Gasteiger partial charge in [0, 0.05) is 11.1 Å². The van der Waals surface area contributed by atoms with E-state index in [1.807, 2.05) is 42.5 Å². The molecule has 0 saturated heterocycles. The van der Waals surface area contributed by atoms with E-state index in [-0.39, 0.29) is 18.1 Å². The molecule has 0 aliphatic rings. The Morgan fingerprint density at radius 3 is 2.70 bits per heavy atom. The summed E-state index contributed by atoms with van der Waals surface area (Å²) in [5.74, 6) is 0.621. The van der Waals surface area contributed by atoms with Crippen molar-refractivity contribution < 1.29 is 9.18 Å². The SMILES string of the molecule is CCSc1ccc(CC(=O)N(Cc2ccccn2)c2nc3ccc(F)cc3s2)cc1. The molecule has 30 heavy (non-hydrogen) atoms. The Bertz CT molecular complexity index is 1150. The van der Waals surface area contributed by atoms with Crippen LogP contribution in [0.2, 0.25) is 0 Å². The monoisotopic (exact) mass is 437 g/mol. The lowest BCUT2D eigenvalue weighted by Gasteiger charge is -2.19. The molecule has 0 N–H and O–H groups in total. The van der Waals surface area contributed by atoms with Crippen LogP contribution in [0.5, 0.6) is 0 Å². The van der Waals surface area contributed by atoms with E-state index < -0.39 is 0 Å². The Kier molecular flexibility index (Phi) is 6.40. The third-order valence-electron chi connectivity index (χ3n) is 4.51. The summed E-state index contributed by atoms with van der Waals surface area (Å²) in [6, 6.07) is 18.1. The zero-order chi connectivity index (χ0) is 20.9. The van der Waals surface area contributed by atoms with Gasteiger partial charge < -0.3 is 0 Å². The van der Waals surface area contributed by atoms with Crippen LogP contribution in [-0.4, -0.2) is 21.6 Å². The minimum atomic E-state index is -0.314. The highest BCUT2D eigenvalue weighted by Crippen LogP contribution is 2.31. The number of rotatable bonds is 7. The van der Waals surface area contributed by atoms with Crippen LogP contribution in [0, 0.1) is 5.82 Å². The van der Waals surface area contributed by atoms with Gasteiger partial charge >= 0.3 is 0 Å². The molecular formula is C23H20FN3OS2. The van der Waals surface area contributed by atoms with E-state index in [0.29, 0.717) is 21.9 Å². The molecule has 0 spiro atoms. The van der Waals surface area contributed by atoms with Crippen molar-refractivity contribution in [3.8, 4) is 0 Å². The summed E-state index contributed by atoms with van der Waals surface area (Å²) in [4.78, 5) is 25.0. The zero-order valence-electron chi connectivity index (χ0n) is 16.4. The Balaban J connectivity index is 1.62. The summed E-state index contributed by atoms with van der Waals surface area (Å²) >= 11 is 3.08. The third-order valence-corrected chi connectivity index (χ3v) is 6.44. The smallest absolute Gasteiger partial charge is 0.233 e. The van der Waals surface area contributed by atoms with Crippen LogP contribution in [0.1, 0.15) is 18.2 Å². The van der Waals surface area contributed by atoms with Crippen molar-refractivity contribution in [2.75, 3.05) is 10.7 Å². The topological polar surface area (TPSA) is 46.1 Å². The molecule has 0 aliphatic heterocycles. The van der Waals surface area contributed by atoms with Gasteiger partial charge in [-0.15, -0.1) is 11.8 Å². The van der Waals surface area contributed by atoms with Crippen molar-refractivity contribution in [1.82, 2.24) is 9.97 Å². The Labute approximate surface area is 182 Å². The summed E-state index contributed by atoms with van der Waals surface area (Å²) in [7, 11) is 0. The molecule has 0 fully saturated rings. The van der Waals surface area contributed by atoms with E-state index in [1.165, 1.54) is 28.4 Å². The lowest BCUT2D eigenvalue weighted by molar-refractivity contribution is -0.118. The molecule has 0 aliphatic carbocycles. The average Bonchev–Trinajstić information content (AvgIpc) is 3.17. The Morgan fingerprint density at radius 2 is 1.97 bits per heavy atom. The predicted molar refractivity (Wildman–Crippen MR) is 122 cm³/mol. The second-order valence-corrected chi connectivity index (χ2v) is 9.01. The number of nitrogens with zero attached hydrogens (tertiary/aromatic N) is 3. The largest absolute Gasteiger partial charge is 0.282 e.